The largest absolute Gasteiger partial charge is 0.413 e. The van der Waals surface area contributed by atoms with E-state index >= 15 is 0 Å². The Bertz CT molecular complexity index is 558. The van der Waals surface area contributed by atoms with Crippen molar-refractivity contribution in [3.63, 3.8) is 0 Å². The molecule has 0 amide bonds. The van der Waals surface area contributed by atoms with Crippen molar-refractivity contribution in [1.82, 2.24) is 0 Å². The predicted molar refractivity (Wildman–Crippen MR) is 98.0 cm³/mol. The number of carbonyl (C=O) groups excluding carboxylic acids is 1. The van der Waals surface area contributed by atoms with Crippen LogP contribution in [0, 0.1) is 21.7 Å². The van der Waals surface area contributed by atoms with Gasteiger partial charge in [0.2, 0.25) is 0 Å². The molecule has 0 bridgehead atoms. The monoisotopic (exact) mass is 336 g/mol. The molecule has 0 aromatic heterocycles. The van der Waals surface area contributed by atoms with Gasteiger partial charge in [-0.15, -0.1) is 0 Å². The van der Waals surface area contributed by atoms with E-state index in [0.717, 1.165) is 19.3 Å². The quantitative estimate of drug-likeness (QED) is 0.616. The van der Waals surface area contributed by atoms with E-state index in [2.05, 4.69) is 61.6 Å². The minimum absolute atomic E-state index is 0.0239. The van der Waals surface area contributed by atoms with Crippen molar-refractivity contribution in [1.29, 1.82) is 0 Å². The third kappa shape index (κ3) is 1.87. The number of Topliss-reactive ketones (excluding diaryl/α,β-unsaturated/α-hetero) is 1. The Morgan fingerprint density at radius 1 is 1.13 bits per heavy atom. The highest BCUT2D eigenvalue weighted by atomic mass is 28.4. The predicted octanol–water partition coefficient (Wildman–Crippen LogP) is 5.57. The van der Waals surface area contributed by atoms with E-state index in [1.807, 2.05) is 0 Å². The molecule has 0 radical (unpaired) electrons. The van der Waals surface area contributed by atoms with Gasteiger partial charge in [0, 0.05) is 17.3 Å². The molecule has 3 aliphatic carbocycles. The lowest BCUT2D eigenvalue weighted by atomic mass is 9.52. The molecule has 2 nitrogen and oxygen atoms in total. The Balaban J connectivity index is 1.99. The molecule has 0 heterocycles. The lowest BCUT2D eigenvalue weighted by molar-refractivity contribution is -0.124. The van der Waals surface area contributed by atoms with Gasteiger partial charge < -0.3 is 4.43 Å². The first-order chi connectivity index (χ1) is 10.1. The fraction of sp³-hybridized carbons (Fsp3) is 0.950. The first-order valence-electron chi connectivity index (χ1n) is 9.36. The van der Waals surface area contributed by atoms with Gasteiger partial charge in [-0.3, -0.25) is 4.79 Å². The Morgan fingerprint density at radius 3 is 2.17 bits per heavy atom. The second-order valence-corrected chi connectivity index (χ2v) is 16.0. The van der Waals surface area contributed by atoms with Gasteiger partial charge in [-0.05, 0) is 48.2 Å². The molecule has 0 aliphatic heterocycles. The number of hydrogen-bond acceptors (Lipinski definition) is 2. The molecule has 3 saturated carbocycles. The lowest BCUT2D eigenvalue weighted by Crippen LogP contribution is -2.56. The van der Waals surface area contributed by atoms with Crippen LogP contribution < -0.4 is 0 Å². The van der Waals surface area contributed by atoms with E-state index in [1.54, 1.807) is 0 Å². The third-order valence-electron chi connectivity index (χ3n) is 8.69. The van der Waals surface area contributed by atoms with E-state index in [0.29, 0.717) is 5.78 Å². The highest BCUT2D eigenvalue weighted by Crippen LogP contribution is 2.87. The van der Waals surface area contributed by atoms with Crippen LogP contribution in [-0.2, 0) is 9.22 Å². The van der Waals surface area contributed by atoms with Crippen LogP contribution >= 0.6 is 0 Å². The maximum absolute atomic E-state index is 12.9. The first kappa shape index (κ1) is 17.7. The van der Waals surface area contributed by atoms with Gasteiger partial charge in [-0.2, -0.15) is 0 Å². The molecule has 0 N–H and O–H groups in total. The molecule has 0 saturated heterocycles. The summed E-state index contributed by atoms with van der Waals surface area (Å²) in [6.45, 7) is 21.0. The maximum Gasteiger partial charge on any atom is 0.192 e. The summed E-state index contributed by atoms with van der Waals surface area (Å²) in [6, 6.07) is 0. The van der Waals surface area contributed by atoms with Crippen LogP contribution in [0.3, 0.4) is 0 Å². The molecule has 4 atom stereocenters. The van der Waals surface area contributed by atoms with Crippen LogP contribution in [0.15, 0.2) is 0 Å². The zero-order chi connectivity index (χ0) is 17.7. The van der Waals surface area contributed by atoms with Crippen LogP contribution in [0.5, 0.6) is 0 Å². The molecule has 1 spiro atoms. The van der Waals surface area contributed by atoms with Crippen LogP contribution in [0.25, 0.3) is 0 Å². The fourth-order valence-electron chi connectivity index (χ4n) is 6.23. The summed E-state index contributed by atoms with van der Waals surface area (Å²) >= 11 is 0. The number of rotatable bonds is 2. The van der Waals surface area contributed by atoms with Gasteiger partial charge in [0.05, 0.1) is 6.10 Å². The summed E-state index contributed by atoms with van der Waals surface area (Å²) in [5.74, 6) is 0.499. The van der Waals surface area contributed by atoms with Crippen LogP contribution in [-0.4, -0.2) is 20.2 Å². The average Bonchev–Trinajstić information content (AvgIpc) is 2.97. The van der Waals surface area contributed by atoms with Crippen LogP contribution in [0.2, 0.25) is 18.1 Å². The normalized spacial score (nSPS) is 45.6. The fourth-order valence-corrected chi connectivity index (χ4v) is 7.67. The summed E-state index contributed by atoms with van der Waals surface area (Å²) in [5.41, 5.74) is 0.349. The Labute approximate surface area is 143 Å². The van der Waals surface area contributed by atoms with Crippen molar-refractivity contribution in [3.05, 3.63) is 0 Å². The number of ketones is 1. The molecule has 132 valence electrons. The number of hydrogen-bond donors (Lipinski definition) is 0. The summed E-state index contributed by atoms with van der Waals surface area (Å²) in [5, 5.41) is 0.221. The van der Waals surface area contributed by atoms with Crippen LogP contribution in [0.1, 0.15) is 74.1 Å². The molecular formula is C20H36O2Si. The summed E-state index contributed by atoms with van der Waals surface area (Å²) in [6.07, 6.45) is 4.36. The van der Waals surface area contributed by atoms with Crippen molar-refractivity contribution < 1.29 is 9.22 Å². The molecule has 3 fully saturated rings. The molecule has 3 rings (SSSR count). The molecule has 3 heteroatoms. The van der Waals surface area contributed by atoms with E-state index in [1.165, 1.54) is 6.42 Å². The zero-order valence-electron chi connectivity index (χ0n) is 16.7. The summed E-state index contributed by atoms with van der Waals surface area (Å²) in [7, 11) is -1.82. The van der Waals surface area contributed by atoms with Crippen molar-refractivity contribution in [3.8, 4) is 0 Å². The summed E-state index contributed by atoms with van der Waals surface area (Å²) in [4.78, 5) is 12.9. The second-order valence-electron chi connectivity index (χ2n) is 11.2. The molecular weight excluding hydrogens is 300 g/mol. The van der Waals surface area contributed by atoms with Gasteiger partial charge in [0.1, 0.15) is 5.78 Å². The van der Waals surface area contributed by atoms with Gasteiger partial charge in [0.15, 0.2) is 8.32 Å². The van der Waals surface area contributed by atoms with Gasteiger partial charge in [-0.25, -0.2) is 0 Å². The maximum atomic E-state index is 12.9. The Morgan fingerprint density at radius 2 is 1.70 bits per heavy atom. The Kier molecular flexibility index (Phi) is 3.32. The molecule has 0 unspecified atom stereocenters. The van der Waals surface area contributed by atoms with Crippen LogP contribution in [0.4, 0.5) is 0 Å². The number of carbonyl (C=O) groups is 1. The molecule has 0 aromatic rings. The highest BCUT2D eigenvalue weighted by Gasteiger charge is 2.86. The standard InChI is InChI=1S/C20H36O2Si/c1-16(2,3)23(8,9)22-15-10-11-17(4,5)20-13-19(20,7)14(21)12-18(15,20)6/h15H,10-13H2,1-9H3/t15-,18+,19-,20-/m1/s1. The minimum Gasteiger partial charge on any atom is -0.413 e. The topological polar surface area (TPSA) is 26.3 Å². The smallest absolute Gasteiger partial charge is 0.192 e. The minimum atomic E-state index is -1.82. The van der Waals surface area contributed by atoms with Crippen molar-refractivity contribution in [2.75, 3.05) is 0 Å². The Hall–Kier alpha value is -0.153. The van der Waals surface area contributed by atoms with Crippen molar-refractivity contribution in [2.45, 2.75) is 98.4 Å². The van der Waals surface area contributed by atoms with E-state index < -0.39 is 8.32 Å². The highest BCUT2D eigenvalue weighted by molar-refractivity contribution is 6.74. The molecule has 3 aliphatic rings. The van der Waals surface area contributed by atoms with Crippen molar-refractivity contribution in [2.24, 2.45) is 21.7 Å². The lowest BCUT2D eigenvalue weighted by Gasteiger charge is -2.56. The zero-order valence-corrected chi connectivity index (χ0v) is 17.7. The summed E-state index contributed by atoms with van der Waals surface area (Å²) < 4.78 is 6.93. The average molecular weight is 337 g/mol. The van der Waals surface area contributed by atoms with E-state index in [9.17, 15) is 4.79 Å². The van der Waals surface area contributed by atoms with E-state index in [4.69, 9.17) is 4.43 Å². The SMILES string of the molecule is CC1(C)CC[C@@H](O[Si](C)(C)C(C)(C)C)[C@]2(C)CC(=O)[C@@]3(C)C[C@@]123. The van der Waals surface area contributed by atoms with E-state index in [-0.39, 0.29) is 32.8 Å². The first-order valence-corrected chi connectivity index (χ1v) is 12.3. The van der Waals surface area contributed by atoms with Crippen molar-refractivity contribution >= 4 is 14.1 Å². The third-order valence-corrected chi connectivity index (χ3v) is 13.2. The van der Waals surface area contributed by atoms with Gasteiger partial charge >= 0.3 is 0 Å². The van der Waals surface area contributed by atoms with Gasteiger partial charge in [-0.1, -0.05) is 48.5 Å². The molecule has 0 aromatic carbocycles. The second kappa shape index (κ2) is 4.33. The van der Waals surface area contributed by atoms with Gasteiger partial charge in [0.25, 0.3) is 0 Å². The molecule has 23 heavy (non-hydrogen) atoms.